The van der Waals surface area contributed by atoms with Crippen molar-refractivity contribution in [1.29, 1.82) is 0 Å². The molecule has 6 heteroatoms. The largest absolute Gasteiger partial charge is 0.467 e. The molecular formula is C25H32N2O4. The molecule has 0 spiro atoms. The van der Waals surface area contributed by atoms with Crippen LogP contribution in [0.4, 0.5) is 0 Å². The van der Waals surface area contributed by atoms with Crippen molar-refractivity contribution < 1.29 is 19.1 Å². The Morgan fingerprint density at radius 3 is 1.90 bits per heavy atom. The maximum Gasteiger partial charge on any atom is 0.328 e. The van der Waals surface area contributed by atoms with Crippen LogP contribution >= 0.6 is 0 Å². The maximum absolute atomic E-state index is 13.0. The van der Waals surface area contributed by atoms with E-state index in [9.17, 15) is 14.4 Å². The number of carbonyl (C=O) groups excluding carboxylic acids is 3. The Hall–Kier alpha value is -3.15. The highest BCUT2D eigenvalue weighted by Gasteiger charge is 2.27. The molecule has 0 aliphatic heterocycles. The number of hydrogen-bond donors (Lipinski definition) is 2. The highest BCUT2D eigenvalue weighted by molar-refractivity contribution is 5.90. The van der Waals surface area contributed by atoms with Gasteiger partial charge in [0.05, 0.1) is 7.11 Å². The predicted molar refractivity (Wildman–Crippen MR) is 121 cm³/mol. The summed E-state index contributed by atoms with van der Waals surface area (Å²) in [6.07, 6.45) is 0.612. The third kappa shape index (κ3) is 7.55. The van der Waals surface area contributed by atoms with E-state index >= 15 is 0 Å². The third-order valence-corrected chi connectivity index (χ3v) is 5.04. The molecule has 2 aromatic carbocycles. The van der Waals surface area contributed by atoms with Gasteiger partial charge in [-0.15, -0.1) is 0 Å². The molecule has 2 atom stereocenters. The van der Waals surface area contributed by atoms with E-state index in [1.54, 1.807) is 0 Å². The first-order valence-electron chi connectivity index (χ1n) is 10.4. The lowest BCUT2D eigenvalue weighted by atomic mass is 9.86. The molecule has 0 unspecified atom stereocenters. The fourth-order valence-electron chi connectivity index (χ4n) is 3.29. The van der Waals surface area contributed by atoms with Crippen LogP contribution in [0.3, 0.4) is 0 Å². The molecule has 31 heavy (non-hydrogen) atoms. The summed E-state index contributed by atoms with van der Waals surface area (Å²) in [6, 6.07) is 15.7. The van der Waals surface area contributed by atoms with Crippen LogP contribution < -0.4 is 10.6 Å². The lowest BCUT2D eigenvalue weighted by Crippen LogP contribution is -2.53. The SMILES string of the molecule is COC(=O)[C@H](Cc1ccc(C(C)(C)C)cc1)NC(=O)[C@H](Cc1ccccc1)NC(C)=O. The Morgan fingerprint density at radius 2 is 1.39 bits per heavy atom. The van der Waals surface area contributed by atoms with Crippen LogP contribution in [-0.4, -0.2) is 37.0 Å². The molecule has 6 nitrogen and oxygen atoms in total. The second kappa shape index (κ2) is 10.8. The van der Waals surface area contributed by atoms with Crippen LogP contribution in [0.15, 0.2) is 54.6 Å². The highest BCUT2D eigenvalue weighted by atomic mass is 16.5. The normalized spacial score (nSPS) is 13.1. The molecule has 2 rings (SSSR count). The van der Waals surface area contributed by atoms with Gasteiger partial charge in [-0.1, -0.05) is 75.4 Å². The molecule has 0 saturated heterocycles. The number of amides is 2. The van der Waals surface area contributed by atoms with Gasteiger partial charge >= 0.3 is 5.97 Å². The summed E-state index contributed by atoms with van der Waals surface area (Å²) in [5.41, 5.74) is 3.02. The van der Waals surface area contributed by atoms with Crippen LogP contribution in [0, 0.1) is 0 Å². The Kier molecular flexibility index (Phi) is 8.37. The first kappa shape index (κ1) is 24.1. The molecule has 0 heterocycles. The van der Waals surface area contributed by atoms with Crippen molar-refractivity contribution in [3.63, 3.8) is 0 Å². The third-order valence-electron chi connectivity index (χ3n) is 5.04. The molecule has 0 fully saturated rings. The second-order valence-corrected chi connectivity index (χ2v) is 8.68. The molecule has 2 N–H and O–H groups in total. The Labute approximate surface area is 184 Å². The van der Waals surface area contributed by atoms with Gasteiger partial charge < -0.3 is 15.4 Å². The van der Waals surface area contributed by atoms with Gasteiger partial charge in [0.2, 0.25) is 11.8 Å². The van der Waals surface area contributed by atoms with E-state index in [0.717, 1.165) is 11.1 Å². The zero-order valence-corrected chi connectivity index (χ0v) is 18.9. The lowest BCUT2D eigenvalue weighted by Gasteiger charge is -2.23. The predicted octanol–water partition coefficient (Wildman–Crippen LogP) is 2.93. The van der Waals surface area contributed by atoms with Gasteiger partial charge in [0, 0.05) is 19.8 Å². The van der Waals surface area contributed by atoms with E-state index in [1.165, 1.54) is 19.6 Å². The average Bonchev–Trinajstić information content (AvgIpc) is 2.72. The van der Waals surface area contributed by atoms with Crippen LogP contribution in [0.2, 0.25) is 0 Å². The molecule has 0 saturated carbocycles. The van der Waals surface area contributed by atoms with Crippen LogP contribution in [0.1, 0.15) is 44.4 Å². The number of methoxy groups -OCH3 is 1. The quantitative estimate of drug-likeness (QED) is 0.638. The van der Waals surface area contributed by atoms with Gasteiger partial charge in [-0.05, 0) is 22.1 Å². The second-order valence-electron chi connectivity index (χ2n) is 8.68. The fraction of sp³-hybridized carbons (Fsp3) is 0.400. The highest BCUT2D eigenvalue weighted by Crippen LogP contribution is 2.22. The van der Waals surface area contributed by atoms with Crippen LogP contribution in [-0.2, 0) is 37.4 Å². The van der Waals surface area contributed by atoms with E-state index in [4.69, 9.17) is 4.74 Å². The van der Waals surface area contributed by atoms with Crippen molar-refractivity contribution >= 4 is 17.8 Å². The molecular weight excluding hydrogens is 392 g/mol. The fourth-order valence-corrected chi connectivity index (χ4v) is 3.29. The van der Waals surface area contributed by atoms with Gasteiger partial charge in [-0.25, -0.2) is 4.79 Å². The van der Waals surface area contributed by atoms with Crippen molar-refractivity contribution in [2.45, 2.75) is 58.0 Å². The summed E-state index contributed by atoms with van der Waals surface area (Å²) in [5, 5.41) is 5.43. The number of carbonyl (C=O) groups is 3. The van der Waals surface area contributed by atoms with Crippen molar-refractivity contribution in [2.24, 2.45) is 0 Å². The monoisotopic (exact) mass is 424 g/mol. The number of esters is 1. The summed E-state index contributed by atoms with van der Waals surface area (Å²) in [6.45, 7) is 7.76. The van der Waals surface area contributed by atoms with Crippen molar-refractivity contribution in [3.05, 3.63) is 71.3 Å². The van der Waals surface area contributed by atoms with Gasteiger partial charge in [-0.3, -0.25) is 9.59 Å². The number of benzene rings is 2. The molecule has 2 aromatic rings. The molecule has 0 radical (unpaired) electrons. The minimum absolute atomic E-state index is 0.0253. The van der Waals surface area contributed by atoms with E-state index in [2.05, 4.69) is 31.4 Å². The molecule has 166 valence electrons. The van der Waals surface area contributed by atoms with Crippen LogP contribution in [0.25, 0.3) is 0 Å². The number of nitrogens with one attached hydrogen (secondary N) is 2. The van der Waals surface area contributed by atoms with E-state index in [0.29, 0.717) is 12.8 Å². The standard InChI is InChI=1S/C25H32N2O4/c1-17(28)26-21(15-18-9-7-6-8-10-18)23(29)27-22(24(30)31-5)16-19-11-13-20(14-12-19)25(2,3)4/h6-14,21-22H,15-16H2,1-5H3,(H,26,28)(H,27,29)/t21-,22-/m0/s1. The summed E-state index contributed by atoms with van der Waals surface area (Å²) in [7, 11) is 1.29. The molecule has 0 aromatic heterocycles. The van der Waals surface area contributed by atoms with Crippen molar-refractivity contribution in [3.8, 4) is 0 Å². The first-order chi connectivity index (χ1) is 14.6. The molecule has 0 aliphatic carbocycles. The zero-order chi connectivity index (χ0) is 23.0. The van der Waals surface area contributed by atoms with Crippen LogP contribution in [0.5, 0.6) is 0 Å². The smallest absolute Gasteiger partial charge is 0.328 e. The van der Waals surface area contributed by atoms with Crippen molar-refractivity contribution in [1.82, 2.24) is 10.6 Å². The van der Waals surface area contributed by atoms with E-state index in [1.807, 2.05) is 54.6 Å². The Bertz CT molecular complexity index is 886. The lowest BCUT2D eigenvalue weighted by molar-refractivity contribution is -0.145. The van der Waals surface area contributed by atoms with Gasteiger partial charge in [-0.2, -0.15) is 0 Å². The average molecular weight is 425 g/mol. The van der Waals surface area contributed by atoms with Gasteiger partial charge in [0.25, 0.3) is 0 Å². The number of hydrogen-bond acceptors (Lipinski definition) is 4. The zero-order valence-electron chi connectivity index (χ0n) is 18.9. The minimum Gasteiger partial charge on any atom is -0.467 e. The molecule has 0 bridgehead atoms. The Balaban J connectivity index is 2.16. The van der Waals surface area contributed by atoms with Crippen molar-refractivity contribution in [2.75, 3.05) is 7.11 Å². The van der Waals surface area contributed by atoms with Gasteiger partial charge in [0.1, 0.15) is 12.1 Å². The maximum atomic E-state index is 13.0. The number of ether oxygens (including phenoxy) is 1. The van der Waals surface area contributed by atoms with E-state index in [-0.39, 0.29) is 11.3 Å². The van der Waals surface area contributed by atoms with Gasteiger partial charge in [0.15, 0.2) is 0 Å². The minimum atomic E-state index is -0.856. The Morgan fingerprint density at radius 1 is 0.839 bits per heavy atom. The summed E-state index contributed by atoms with van der Waals surface area (Å²) in [4.78, 5) is 37.0. The summed E-state index contributed by atoms with van der Waals surface area (Å²) in [5.74, 6) is -1.28. The summed E-state index contributed by atoms with van der Waals surface area (Å²) >= 11 is 0. The van der Waals surface area contributed by atoms with E-state index < -0.39 is 24.0 Å². The summed E-state index contributed by atoms with van der Waals surface area (Å²) < 4.78 is 4.90. The number of rotatable bonds is 8. The molecule has 2 amide bonds. The first-order valence-corrected chi connectivity index (χ1v) is 10.4. The topological polar surface area (TPSA) is 84.5 Å². The molecule has 0 aliphatic rings.